The number of rotatable bonds is 7. The van der Waals surface area contributed by atoms with Gasteiger partial charge >= 0.3 is 0 Å². The fraction of sp³-hybridized carbons (Fsp3) is 0.611. The summed E-state index contributed by atoms with van der Waals surface area (Å²) in [4.78, 5) is 12.1. The van der Waals surface area contributed by atoms with Crippen molar-refractivity contribution in [3.05, 3.63) is 35.6 Å². The van der Waals surface area contributed by atoms with Gasteiger partial charge in [-0.3, -0.25) is 4.79 Å². The zero-order valence-electron chi connectivity index (χ0n) is 13.4. The number of nitrogens with one attached hydrogen (secondary N) is 1. The lowest BCUT2D eigenvalue weighted by atomic mass is 9.72. The van der Waals surface area contributed by atoms with Crippen LogP contribution in [0.4, 0.5) is 4.39 Å². The molecule has 128 valence electrons. The van der Waals surface area contributed by atoms with Crippen molar-refractivity contribution in [3.8, 4) is 0 Å². The lowest BCUT2D eigenvalue weighted by Gasteiger charge is -2.37. The minimum atomic E-state index is -1.01. The largest absolute Gasteiger partial charge is 0.396 e. The summed E-state index contributed by atoms with van der Waals surface area (Å²) in [7, 11) is 0. The molecule has 4 nitrogen and oxygen atoms in total. The molecule has 0 radical (unpaired) electrons. The van der Waals surface area contributed by atoms with Gasteiger partial charge in [0.25, 0.3) is 0 Å². The van der Waals surface area contributed by atoms with Crippen LogP contribution in [0.1, 0.15) is 56.6 Å². The molecule has 2 rings (SSSR count). The monoisotopic (exact) mass is 323 g/mol. The van der Waals surface area contributed by atoms with Gasteiger partial charge in [-0.1, -0.05) is 31.4 Å². The molecule has 0 heterocycles. The Morgan fingerprint density at radius 2 is 2.04 bits per heavy atom. The number of hydrogen-bond acceptors (Lipinski definition) is 3. The first kappa shape index (κ1) is 17.9. The van der Waals surface area contributed by atoms with E-state index in [1.807, 2.05) is 0 Å². The SMILES string of the molecule is O=C(CC(O)c1cccc(F)c1)NCC1(CCO)CCCCC1. The van der Waals surface area contributed by atoms with Crippen LogP contribution in [-0.2, 0) is 4.79 Å². The minimum Gasteiger partial charge on any atom is -0.396 e. The van der Waals surface area contributed by atoms with E-state index in [-0.39, 0.29) is 24.3 Å². The Labute approximate surface area is 136 Å². The maximum atomic E-state index is 13.2. The molecule has 1 aliphatic carbocycles. The summed E-state index contributed by atoms with van der Waals surface area (Å²) in [5, 5.41) is 22.2. The molecule has 1 saturated carbocycles. The summed E-state index contributed by atoms with van der Waals surface area (Å²) in [6.45, 7) is 0.657. The van der Waals surface area contributed by atoms with E-state index in [0.29, 0.717) is 18.5 Å². The van der Waals surface area contributed by atoms with Crippen molar-refractivity contribution >= 4 is 5.91 Å². The van der Waals surface area contributed by atoms with E-state index in [9.17, 15) is 19.4 Å². The maximum Gasteiger partial charge on any atom is 0.222 e. The van der Waals surface area contributed by atoms with Gasteiger partial charge in [-0.25, -0.2) is 4.39 Å². The van der Waals surface area contributed by atoms with E-state index >= 15 is 0 Å². The number of hydrogen-bond donors (Lipinski definition) is 3. The number of carbonyl (C=O) groups excluding carboxylic acids is 1. The van der Waals surface area contributed by atoms with Crippen molar-refractivity contribution in [1.82, 2.24) is 5.32 Å². The van der Waals surface area contributed by atoms with Crippen LogP contribution in [-0.4, -0.2) is 29.3 Å². The Morgan fingerprint density at radius 3 is 2.70 bits per heavy atom. The molecule has 1 amide bonds. The molecule has 0 aliphatic heterocycles. The molecule has 1 atom stereocenters. The molecular weight excluding hydrogens is 297 g/mol. The molecular formula is C18H26FNO3. The predicted octanol–water partition coefficient (Wildman–Crippen LogP) is 2.70. The second kappa shape index (κ2) is 8.41. The van der Waals surface area contributed by atoms with E-state index in [4.69, 9.17) is 0 Å². The first-order valence-electron chi connectivity index (χ1n) is 8.36. The number of benzene rings is 1. The summed E-state index contributed by atoms with van der Waals surface area (Å²) < 4.78 is 13.2. The summed E-state index contributed by atoms with van der Waals surface area (Å²) in [6.07, 6.45) is 5.09. The summed E-state index contributed by atoms with van der Waals surface area (Å²) in [6, 6.07) is 5.67. The molecule has 3 N–H and O–H groups in total. The molecule has 1 fully saturated rings. The van der Waals surface area contributed by atoms with Crippen LogP contribution in [0.3, 0.4) is 0 Å². The Kier molecular flexibility index (Phi) is 6.54. The Balaban J connectivity index is 1.86. The Morgan fingerprint density at radius 1 is 1.30 bits per heavy atom. The van der Waals surface area contributed by atoms with Crippen molar-refractivity contribution < 1.29 is 19.4 Å². The Hall–Kier alpha value is -1.46. The highest BCUT2D eigenvalue weighted by Gasteiger charge is 2.31. The fourth-order valence-corrected chi connectivity index (χ4v) is 3.42. The molecule has 1 unspecified atom stereocenters. The van der Waals surface area contributed by atoms with Gasteiger partial charge in [-0.15, -0.1) is 0 Å². The summed E-state index contributed by atoms with van der Waals surface area (Å²) in [5.41, 5.74) is 0.384. The molecule has 0 saturated heterocycles. The highest BCUT2D eigenvalue weighted by atomic mass is 19.1. The molecule has 5 heteroatoms. The molecule has 1 aromatic rings. The minimum absolute atomic E-state index is 0.0214. The van der Waals surface area contributed by atoms with Gasteiger partial charge in [-0.05, 0) is 42.4 Å². The first-order chi connectivity index (χ1) is 11.0. The van der Waals surface area contributed by atoms with Crippen molar-refractivity contribution in [3.63, 3.8) is 0 Å². The third-order valence-corrected chi connectivity index (χ3v) is 4.83. The molecule has 0 spiro atoms. The quantitative estimate of drug-likeness (QED) is 0.722. The zero-order valence-corrected chi connectivity index (χ0v) is 13.4. The van der Waals surface area contributed by atoms with Crippen molar-refractivity contribution in [2.45, 2.75) is 51.0 Å². The van der Waals surface area contributed by atoms with Gasteiger partial charge in [0.15, 0.2) is 0 Å². The van der Waals surface area contributed by atoms with Gasteiger partial charge < -0.3 is 15.5 Å². The first-order valence-corrected chi connectivity index (χ1v) is 8.36. The molecule has 0 aromatic heterocycles. The Bertz CT molecular complexity index is 509. The molecule has 0 bridgehead atoms. The number of halogens is 1. The van der Waals surface area contributed by atoms with Gasteiger partial charge in [0.2, 0.25) is 5.91 Å². The zero-order chi connectivity index (χ0) is 16.7. The second-order valence-electron chi connectivity index (χ2n) is 6.59. The number of aliphatic hydroxyl groups excluding tert-OH is 2. The normalized spacial score (nSPS) is 18.4. The van der Waals surface area contributed by atoms with Gasteiger partial charge in [-0.2, -0.15) is 0 Å². The number of amides is 1. The van der Waals surface area contributed by atoms with Crippen LogP contribution >= 0.6 is 0 Å². The number of carbonyl (C=O) groups is 1. The van der Waals surface area contributed by atoms with Gasteiger partial charge in [0.1, 0.15) is 5.82 Å². The lowest BCUT2D eigenvalue weighted by molar-refractivity contribution is -0.123. The van der Waals surface area contributed by atoms with E-state index in [2.05, 4.69) is 5.32 Å². The van der Waals surface area contributed by atoms with E-state index < -0.39 is 11.9 Å². The predicted molar refractivity (Wildman–Crippen MR) is 86.2 cm³/mol. The average Bonchev–Trinajstić information content (AvgIpc) is 2.54. The van der Waals surface area contributed by atoms with Crippen molar-refractivity contribution in [2.75, 3.05) is 13.2 Å². The van der Waals surface area contributed by atoms with Crippen molar-refractivity contribution in [2.24, 2.45) is 5.41 Å². The van der Waals surface area contributed by atoms with E-state index in [1.165, 1.54) is 24.6 Å². The van der Waals surface area contributed by atoms with Crippen LogP contribution < -0.4 is 5.32 Å². The average molecular weight is 323 g/mol. The third kappa shape index (κ3) is 5.29. The second-order valence-corrected chi connectivity index (χ2v) is 6.59. The number of aliphatic hydroxyl groups is 2. The van der Waals surface area contributed by atoms with Crippen molar-refractivity contribution in [1.29, 1.82) is 0 Å². The van der Waals surface area contributed by atoms with Gasteiger partial charge in [0, 0.05) is 13.2 Å². The van der Waals surface area contributed by atoms with Gasteiger partial charge in [0.05, 0.1) is 12.5 Å². The standard InChI is InChI=1S/C18H26FNO3/c19-15-6-4-5-14(11-15)16(22)12-17(23)20-13-18(9-10-21)7-2-1-3-8-18/h4-6,11,16,21-22H,1-3,7-10,12-13H2,(H,20,23). The highest BCUT2D eigenvalue weighted by Crippen LogP contribution is 2.38. The highest BCUT2D eigenvalue weighted by molar-refractivity contribution is 5.76. The fourth-order valence-electron chi connectivity index (χ4n) is 3.42. The van der Waals surface area contributed by atoms with Crippen LogP contribution in [0.25, 0.3) is 0 Å². The van der Waals surface area contributed by atoms with E-state index in [1.54, 1.807) is 6.07 Å². The van der Waals surface area contributed by atoms with E-state index in [0.717, 1.165) is 25.7 Å². The van der Waals surface area contributed by atoms with Crippen LogP contribution in [0, 0.1) is 11.2 Å². The summed E-state index contributed by atoms with van der Waals surface area (Å²) >= 11 is 0. The lowest BCUT2D eigenvalue weighted by Crippen LogP contribution is -2.40. The topological polar surface area (TPSA) is 69.6 Å². The molecule has 1 aromatic carbocycles. The van der Waals surface area contributed by atoms with Crippen LogP contribution in [0.15, 0.2) is 24.3 Å². The summed E-state index contributed by atoms with van der Waals surface area (Å²) in [5.74, 6) is -0.671. The third-order valence-electron chi connectivity index (χ3n) is 4.83. The smallest absolute Gasteiger partial charge is 0.222 e. The molecule has 23 heavy (non-hydrogen) atoms. The van der Waals surface area contributed by atoms with Crippen LogP contribution in [0.2, 0.25) is 0 Å². The maximum absolute atomic E-state index is 13.2. The van der Waals surface area contributed by atoms with Crippen LogP contribution in [0.5, 0.6) is 0 Å². The molecule has 1 aliphatic rings.